The molecule has 1 amide bonds. The first-order chi connectivity index (χ1) is 12.6. The molecule has 2 aromatic carbocycles. The van der Waals surface area contributed by atoms with Crippen molar-refractivity contribution in [2.24, 2.45) is 0 Å². The number of benzene rings is 2. The van der Waals surface area contributed by atoms with Gasteiger partial charge in [-0.1, -0.05) is 12.1 Å². The molecular formula is C19H13F2N3O2. The molecule has 2 aromatic heterocycles. The van der Waals surface area contributed by atoms with Gasteiger partial charge in [-0.15, -0.1) is 0 Å². The second-order valence-electron chi connectivity index (χ2n) is 5.73. The number of carbonyl (C=O) groups excluding carboxylic acids is 1. The molecule has 26 heavy (non-hydrogen) atoms. The lowest BCUT2D eigenvalue weighted by atomic mass is 10.0. The summed E-state index contributed by atoms with van der Waals surface area (Å²) >= 11 is 0. The van der Waals surface area contributed by atoms with Crippen molar-refractivity contribution in [3.63, 3.8) is 0 Å². The van der Waals surface area contributed by atoms with Crippen LogP contribution in [0.1, 0.15) is 16.1 Å². The summed E-state index contributed by atoms with van der Waals surface area (Å²) in [5, 5.41) is 9.72. The third kappa shape index (κ3) is 2.95. The van der Waals surface area contributed by atoms with E-state index in [2.05, 4.69) is 15.5 Å². The van der Waals surface area contributed by atoms with Crippen molar-refractivity contribution in [1.82, 2.24) is 15.5 Å². The van der Waals surface area contributed by atoms with Crippen LogP contribution in [0.15, 0.2) is 59.2 Å². The number of H-pyrrole nitrogens is 1. The van der Waals surface area contributed by atoms with Crippen LogP contribution in [0.25, 0.3) is 22.2 Å². The van der Waals surface area contributed by atoms with E-state index < -0.39 is 17.5 Å². The minimum atomic E-state index is -0.635. The SMILES string of the molecule is O=C(NCc1ccco1)c1cc(F)c2n[nH]c(-c3cccc(F)c3)c2c1. The Morgan fingerprint density at radius 2 is 2.04 bits per heavy atom. The van der Waals surface area contributed by atoms with E-state index in [0.717, 1.165) is 6.07 Å². The van der Waals surface area contributed by atoms with Gasteiger partial charge >= 0.3 is 0 Å². The van der Waals surface area contributed by atoms with E-state index in [4.69, 9.17) is 4.42 Å². The van der Waals surface area contributed by atoms with Gasteiger partial charge in [0.25, 0.3) is 5.91 Å². The van der Waals surface area contributed by atoms with Gasteiger partial charge in [0.15, 0.2) is 5.82 Å². The molecule has 0 radical (unpaired) electrons. The van der Waals surface area contributed by atoms with Gasteiger partial charge in [-0.2, -0.15) is 5.10 Å². The molecule has 0 spiro atoms. The average molecular weight is 353 g/mol. The second kappa shape index (κ2) is 6.44. The Labute approximate surface area is 146 Å². The van der Waals surface area contributed by atoms with Gasteiger partial charge in [0.2, 0.25) is 0 Å². The van der Waals surface area contributed by atoms with Crippen molar-refractivity contribution in [2.75, 3.05) is 0 Å². The Morgan fingerprint density at radius 3 is 2.81 bits per heavy atom. The highest BCUT2D eigenvalue weighted by molar-refractivity contribution is 6.01. The Balaban J connectivity index is 1.70. The Hall–Kier alpha value is -3.48. The first kappa shape index (κ1) is 16.0. The maximum absolute atomic E-state index is 14.4. The minimum absolute atomic E-state index is 0.0897. The molecule has 0 saturated carbocycles. The molecule has 0 atom stereocenters. The van der Waals surface area contributed by atoms with Crippen molar-refractivity contribution in [2.45, 2.75) is 6.54 Å². The second-order valence-corrected chi connectivity index (χ2v) is 5.73. The number of nitrogens with zero attached hydrogens (tertiary/aromatic N) is 1. The summed E-state index contributed by atoms with van der Waals surface area (Å²) in [5.74, 6) is -0.917. The van der Waals surface area contributed by atoms with Gasteiger partial charge < -0.3 is 9.73 Å². The Kier molecular flexibility index (Phi) is 3.96. The topological polar surface area (TPSA) is 70.9 Å². The van der Waals surface area contributed by atoms with Crippen LogP contribution in [0, 0.1) is 11.6 Å². The lowest BCUT2D eigenvalue weighted by molar-refractivity contribution is 0.0947. The number of halogens is 2. The summed E-state index contributed by atoms with van der Waals surface area (Å²) < 4.78 is 33.0. The highest BCUT2D eigenvalue weighted by atomic mass is 19.1. The van der Waals surface area contributed by atoms with Crippen LogP contribution in [0.2, 0.25) is 0 Å². The molecule has 2 N–H and O–H groups in total. The van der Waals surface area contributed by atoms with Gasteiger partial charge in [-0.05, 0) is 36.4 Å². The largest absolute Gasteiger partial charge is 0.467 e. The number of hydrogen-bond donors (Lipinski definition) is 2. The number of amides is 1. The van der Waals surface area contributed by atoms with Crippen molar-refractivity contribution in [3.05, 3.63) is 77.8 Å². The molecule has 7 heteroatoms. The number of fused-ring (bicyclic) bond motifs is 1. The van der Waals surface area contributed by atoms with Gasteiger partial charge in [-0.3, -0.25) is 9.89 Å². The van der Waals surface area contributed by atoms with E-state index in [-0.39, 0.29) is 17.6 Å². The third-order valence-electron chi connectivity index (χ3n) is 3.99. The molecular weight excluding hydrogens is 340 g/mol. The molecule has 0 aliphatic carbocycles. The maximum Gasteiger partial charge on any atom is 0.251 e. The summed E-state index contributed by atoms with van der Waals surface area (Å²) in [7, 11) is 0. The molecule has 0 aliphatic heterocycles. The quantitative estimate of drug-likeness (QED) is 0.582. The molecule has 4 rings (SSSR count). The fourth-order valence-corrected chi connectivity index (χ4v) is 2.75. The maximum atomic E-state index is 14.4. The average Bonchev–Trinajstić information content (AvgIpc) is 3.29. The van der Waals surface area contributed by atoms with Crippen LogP contribution in [-0.2, 0) is 6.54 Å². The molecule has 0 bridgehead atoms. The van der Waals surface area contributed by atoms with Crippen molar-refractivity contribution >= 4 is 16.8 Å². The Morgan fingerprint density at radius 1 is 1.15 bits per heavy atom. The monoisotopic (exact) mass is 353 g/mol. The number of furan rings is 1. The van der Waals surface area contributed by atoms with Crippen LogP contribution in [0.3, 0.4) is 0 Å². The van der Waals surface area contributed by atoms with Crippen molar-refractivity contribution < 1.29 is 18.0 Å². The van der Waals surface area contributed by atoms with E-state index in [1.165, 1.54) is 24.5 Å². The predicted molar refractivity (Wildman–Crippen MR) is 91.3 cm³/mol. The summed E-state index contributed by atoms with van der Waals surface area (Å²) in [6, 6.07) is 11.9. The number of aromatic amines is 1. The fourth-order valence-electron chi connectivity index (χ4n) is 2.75. The summed E-state index contributed by atoms with van der Waals surface area (Å²) in [4.78, 5) is 12.3. The van der Waals surface area contributed by atoms with Crippen LogP contribution >= 0.6 is 0 Å². The zero-order valence-electron chi connectivity index (χ0n) is 13.4. The minimum Gasteiger partial charge on any atom is -0.467 e. The van der Waals surface area contributed by atoms with Crippen LogP contribution in [-0.4, -0.2) is 16.1 Å². The smallest absolute Gasteiger partial charge is 0.251 e. The highest BCUT2D eigenvalue weighted by Gasteiger charge is 2.16. The lowest BCUT2D eigenvalue weighted by Crippen LogP contribution is -2.22. The van der Waals surface area contributed by atoms with E-state index in [1.807, 2.05) is 0 Å². The highest BCUT2D eigenvalue weighted by Crippen LogP contribution is 2.29. The van der Waals surface area contributed by atoms with Crippen LogP contribution < -0.4 is 5.32 Å². The number of nitrogens with one attached hydrogen (secondary N) is 2. The molecule has 0 aliphatic rings. The molecule has 2 heterocycles. The number of aromatic nitrogens is 2. The van der Waals surface area contributed by atoms with Gasteiger partial charge in [0.05, 0.1) is 18.5 Å². The molecule has 130 valence electrons. The van der Waals surface area contributed by atoms with Gasteiger partial charge in [-0.25, -0.2) is 8.78 Å². The predicted octanol–water partition coefficient (Wildman–Crippen LogP) is 4.03. The van der Waals surface area contributed by atoms with Crippen molar-refractivity contribution in [3.8, 4) is 11.3 Å². The molecule has 0 fully saturated rings. The summed E-state index contributed by atoms with van der Waals surface area (Å²) in [6.45, 7) is 0.188. The van der Waals surface area contributed by atoms with Crippen LogP contribution in [0.5, 0.6) is 0 Å². The van der Waals surface area contributed by atoms with Crippen molar-refractivity contribution in [1.29, 1.82) is 0 Å². The molecule has 4 aromatic rings. The van der Waals surface area contributed by atoms with E-state index in [9.17, 15) is 13.6 Å². The first-order valence-electron chi connectivity index (χ1n) is 7.86. The van der Waals surface area contributed by atoms with E-state index in [0.29, 0.717) is 22.4 Å². The van der Waals surface area contributed by atoms with E-state index >= 15 is 0 Å². The van der Waals surface area contributed by atoms with Gasteiger partial charge in [0, 0.05) is 16.5 Å². The Bertz CT molecular complexity index is 1090. The lowest BCUT2D eigenvalue weighted by Gasteiger charge is -2.05. The first-order valence-corrected chi connectivity index (χ1v) is 7.86. The molecule has 5 nitrogen and oxygen atoms in total. The summed E-state index contributed by atoms with van der Waals surface area (Å²) in [5.41, 5.74) is 1.19. The normalized spacial score (nSPS) is 11.0. The zero-order valence-corrected chi connectivity index (χ0v) is 13.4. The number of carbonyl (C=O) groups is 1. The number of rotatable bonds is 4. The zero-order chi connectivity index (χ0) is 18.1. The fraction of sp³-hybridized carbons (Fsp3) is 0.0526. The van der Waals surface area contributed by atoms with E-state index in [1.54, 1.807) is 24.3 Å². The third-order valence-corrected chi connectivity index (χ3v) is 3.99. The number of hydrogen-bond acceptors (Lipinski definition) is 3. The molecule has 0 saturated heterocycles. The van der Waals surface area contributed by atoms with Gasteiger partial charge in [0.1, 0.15) is 17.1 Å². The molecule has 0 unspecified atom stereocenters. The van der Waals surface area contributed by atoms with Crippen LogP contribution in [0.4, 0.5) is 8.78 Å². The summed E-state index contributed by atoms with van der Waals surface area (Å²) in [6.07, 6.45) is 1.50. The standard InChI is InChI=1S/C19H13F2N3O2/c20-13-4-1-3-11(7-13)17-15-8-12(9-16(21)18(15)24-23-17)19(25)22-10-14-5-2-6-26-14/h1-9H,10H2,(H,22,25)(H,23,24).